The summed E-state index contributed by atoms with van der Waals surface area (Å²) in [6.45, 7) is 8.55. The molecule has 2 heterocycles. The lowest BCUT2D eigenvalue weighted by molar-refractivity contribution is -0.123. The molecule has 0 saturated carbocycles. The molecular weight excluding hydrogens is 345 g/mol. The third kappa shape index (κ3) is 4.96. The Hall–Kier alpha value is -2.17. The number of nitrogens with one attached hydrogen (secondary N) is 1. The van der Waals surface area contributed by atoms with Gasteiger partial charge in [0.2, 0.25) is 5.91 Å². The molecule has 27 heavy (non-hydrogen) atoms. The third-order valence-electron chi connectivity index (χ3n) is 5.58. The predicted molar refractivity (Wildman–Crippen MR) is 103 cm³/mol. The van der Waals surface area contributed by atoms with Gasteiger partial charge in [0, 0.05) is 45.3 Å². The van der Waals surface area contributed by atoms with Crippen LogP contribution in [0.4, 0.5) is 10.1 Å². The van der Waals surface area contributed by atoms with E-state index < -0.39 is 5.82 Å². The summed E-state index contributed by atoms with van der Waals surface area (Å²) >= 11 is 0. The van der Waals surface area contributed by atoms with Crippen LogP contribution in [-0.4, -0.2) is 74.1 Å². The normalized spacial score (nSPS) is 19.7. The minimum absolute atomic E-state index is 0.0851. The maximum Gasteiger partial charge on any atom is 0.234 e. The Morgan fingerprint density at radius 2 is 1.89 bits per heavy atom. The van der Waals surface area contributed by atoms with Gasteiger partial charge in [0.15, 0.2) is 0 Å². The highest BCUT2D eigenvalue weighted by Crippen LogP contribution is 2.23. The van der Waals surface area contributed by atoms with Crippen molar-refractivity contribution in [2.75, 3.05) is 57.3 Å². The molecule has 7 heteroatoms. The van der Waals surface area contributed by atoms with Crippen molar-refractivity contribution < 1.29 is 9.18 Å². The Kier molecular flexibility index (Phi) is 6.64. The third-order valence-corrected chi connectivity index (χ3v) is 5.58. The first-order valence-electron chi connectivity index (χ1n) is 9.78. The molecule has 2 saturated heterocycles. The Bertz CT molecular complexity index is 688. The molecule has 0 bridgehead atoms. The zero-order valence-corrected chi connectivity index (χ0v) is 16.0. The molecule has 1 aromatic rings. The number of rotatable bonds is 5. The quantitative estimate of drug-likeness (QED) is 0.846. The lowest BCUT2D eigenvalue weighted by atomic mass is 10.1. The van der Waals surface area contributed by atoms with Gasteiger partial charge in [-0.15, -0.1) is 0 Å². The number of halogens is 1. The van der Waals surface area contributed by atoms with Crippen molar-refractivity contribution in [3.63, 3.8) is 0 Å². The minimum Gasteiger partial charge on any atom is -0.368 e. The van der Waals surface area contributed by atoms with Crippen LogP contribution in [-0.2, 0) is 4.79 Å². The van der Waals surface area contributed by atoms with Gasteiger partial charge in [-0.1, -0.05) is 13.0 Å². The largest absolute Gasteiger partial charge is 0.368 e. The zero-order valence-electron chi connectivity index (χ0n) is 16.0. The van der Waals surface area contributed by atoms with E-state index in [1.165, 1.54) is 6.07 Å². The van der Waals surface area contributed by atoms with E-state index in [9.17, 15) is 14.4 Å². The molecule has 0 unspecified atom stereocenters. The number of piperazine rings is 1. The summed E-state index contributed by atoms with van der Waals surface area (Å²) in [7, 11) is 0. The van der Waals surface area contributed by atoms with Crippen molar-refractivity contribution in [2.24, 2.45) is 0 Å². The maximum atomic E-state index is 13.8. The fourth-order valence-corrected chi connectivity index (χ4v) is 3.90. The highest BCUT2D eigenvalue weighted by atomic mass is 19.1. The SMILES string of the molecule is CCN1CCC(NC(=O)CN2CCN(c3cccc(F)c3C#N)CC2)CC1. The number of hydrogen-bond donors (Lipinski definition) is 1. The van der Waals surface area contributed by atoms with E-state index in [2.05, 4.69) is 22.0 Å². The predicted octanol–water partition coefficient (Wildman–Crippen LogP) is 1.42. The molecule has 0 spiro atoms. The van der Waals surface area contributed by atoms with Crippen LogP contribution in [0.3, 0.4) is 0 Å². The standard InChI is InChI=1S/C20H28FN5O/c1-2-24-8-6-16(7-9-24)23-20(27)15-25-10-12-26(13-11-25)19-5-3-4-18(21)17(19)14-22/h3-5,16H,2,6-13,15H2,1H3,(H,23,27). The second-order valence-corrected chi connectivity index (χ2v) is 7.29. The van der Waals surface area contributed by atoms with Gasteiger partial charge in [-0.05, 0) is 31.5 Å². The molecule has 2 aliphatic heterocycles. The van der Waals surface area contributed by atoms with Crippen LogP contribution in [0.5, 0.6) is 0 Å². The van der Waals surface area contributed by atoms with Crippen LogP contribution in [0.1, 0.15) is 25.3 Å². The van der Waals surface area contributed by atoms with Crippen molar-refractivity contribution in [3.05, 3.63) is 29.6 Å². The Morgan fingerprint density at radius 1 is 1.19 bits per heavy atom. The van der Waals surface area contributed by atoms with Gasteiger partial charge < -0.3 is 15.1 Å². The monoisotopic (exact) mass is 373 g/mol. The Morgan fingerprint density at radius 3 is 2.52 bits per heavy atom. The molecule has 6 nitrogen and oxygen atoms in total. The number of nitrogens with zero attached hydrogens (tertiary/aromatic N) is 4. The molecular formula is C20H28FN5O. The summed E-state index contributed by atoms with van der Waals surface area (Å²) in [6, 6.07) is 6.98. The zero-order chi connectivity index (χ0) is 19.2. The first kappa shape index (κ1) is 19.6. The smallest absolute Gasteiger partial charge is 0.234 e. The second kappa shape index (κ2) is 9.16. The molecule has 0 radical (unpaired) electrons. The first-order valence-corrected chi connectivity index (χ1v) is 9.78. The highest BCUT2D eigenvalue weighted by molar-refractivity contribution is 5.78. The van der Waals surface area contributed by atoms with Gasteiger partial charge in [-0.25, -0.2) is 4.39 Å². The van der Waals surface area contributed by atoms with Crippen LogP contribution in [0.25, 0.3) is 0 Å². The number of amides is 1. The summed E-state index contributed by atoms with van der Waals surface area (Å²) in [5.74, 6) is -0.396. The van der Waals surface area contributed by atoms with Crippen LogP contribution >= 0.6 is 0 Å². The number of likely N-dealkylation sites (tertiary alicyclic amines) is 1. The first-order chi connectivity index (χ1) is 13.1. The molecule has 0 atom stereocenters. The van der Waals surface area contributed by atoms with Gasteiger partial charge in [-0.3, -0.25) is 9.69 Å². The average molecular weight is 373 g/mol. The molecule has 1 aromatic carbocycles. The fourth-order valence-electron chi connectivity index (χ4n) is 3.90. The minimum atomic E-state index is -0.481. The number of hydrogen-bond acceptors (Lipinski definition) is 5. The van der Waals surface area contributed by atoms with Crippen molar-refractivity contribution >= 4 is 11.6 Å². The molecule has 0 aromatic heterocycles. The van der Waals surface area contributed by atoms with Crippen LogP contribution < -0.4 is 10.2 Å². The van der Waals surface area contributed by atoms with Crippen molar-refractivity contribution in [1.82, 2.24) is 15.1 Å². The number of benzene rings is 1. The summed E-state index contributed by atoms with van der Waals surface area (Å²) in [5, 5.41) is 12.4. The number of carbonyl (C=O) groups is 1. The average Bonchev–Trinajstić information content (AvgIpc) is 2.69. The summed E-state index contributed by atoms with van der Waals surface area (Å²) < 4.78 is 13.8. The topological polar surface area (TPSA) is 62.6 Å². The molecule has 1 N–H and O–H groups in total. The molecule has 1 amide bonds. The van der Waals surface area contributed by atoms with Gasteiger partial charge in [0.1, 0.15) is 17.4 Å². The lowest BCUT2D eigenvalue weighted by Gasteiger charge is -2.36. The van der Waals surface area contributed by atoms with E-state index in [0.717, 1.165) is 45.6 Å². The number of piperidine rings is 1. The summed E-state index contributed by atoms with van der Waals surface area (Å²) in [6.07, 6.45) is 2.04. The van der Waals surface area contributed by atoms with Crippen molar-refractivity contribution in [2.45, 2.75) is 25.8 Å². The summed E-state index contributed by atoms with van der Waals surface area (Å²) in [4.78, 5) is 18.9. The number of anilines is 1. The van der Waals surface area contributed by atoms with Gasteiger partial charge in [0.25, 0.3) is 0 Å². The van der Waals surface area contributed by atoms with E-state index in [-0.39, 0.29) is 17.5 Å². The van der Waals surface area contributed by atoms with Crippen LogP contribution in [0, 0.1) is 17.1 Å². The number of carbonyl (C=O) groups excluding carboxylic acids is 1. The molecule has 3 rings (SSSR count). The Labute approximate surface area is 160 Å². The van der Waals surface area contributed by atoms with Crippen LogP contribution in [0.2, 0.25) is 0 Å². The van der Waals surface area contributed by atoms with Crippen molar-refractivity contribution in [1.29, 1.82) is 5.26 Å². The maximum absolute atomic E-state index is 13.8. The van der Waals surface area contributed by atoms with Gasteiger partial charge in [0.05, 0.1) is 12.2 Å². The van der Waals surface area contributed by atoms with E-state index in [4.69, 9.17) is 0 Å². The Balaban J connectivity index is 1.45. The van der Waals surface area contributed by atoms with E-state index in [1.807, 2.05) is 11.0 Å². The van der Waals surface area contributed by atoms with E-state index in [0.29, 0.717) is 25.3 Å². The van der Waals surface area contributed by atoms with Crippen LogP contribution in [0.15, 0.2) is 18.2 Å². The van der Waals surface area contributed by atoms with E-state index >= 15 is 0 Å². The van der Waals surface area contributed by atoms with Gasteiger partial charge >= 0.3 is 0 Å². The molecule has 146 valence electrons. The summed E-state index contributed by atoms with van der Waals surface area (Å²) in [5.41, 5.74) is 0.742. The fraction of sp³-hybridized carbons (Fsp3) is 0.600. The van der Waals surface area contributed by atoms with Gasteiger partial charge in [-0.2, -0.15) is 5.26 Å². The van der Waals surface area contributed by atoms with E-state index in [1.54, 1.807) is 12.1 Å². The molecule has 2 aliphatic rings. The molecule has 2 fully saturated rings. The van der Waals surface area contributed by atoms with Crippen molar-refractivity contribution in [3.8, 4) is 6.07 Å². The molecule has 0 aliphatic carbocycles. The highest BCUT2D eigenvalue weighted by Gasteiger charge is 2.24. The second-order valence-electron chi connectivity index (χ2n) is 7.29. The lowest BCUT2D eigenvalue weighted by Crippen LogP contribution is -2.52. The number of nitriles is 1.